The van der Waals surface area contributed by atoms with Gasteiger partial charge in [-0.25, -0.2) is 4.79 Å². The van der Waals surface area contributed by atoms with Gasteiger partial charge in [0.05, 0.1) is 48.7 Å². The first-order valence-corrected chi connectivity index (χ1v) is 23.2. The molecule has 0 radical (unpaired) electrons. The van der Waals surface area contributed by atoms with Gasteiger partial charge < -0.3 is 43.5 Å². The molecule has 7 aliphatic rings. The number of amides is 1. The molecular formula is C50H47N5O11S. The Morgan fingerprint density at radius 2 is 1.78 bits per heavy atom. The molecule has 1 amide bonds. The zero-order valence-electron chi connectivity index (χ0n) is 37.6. The molecule has 16 nitrogen and oxygen atoms in total. The monoisotopic (exact) mass is 925 g/mol. The van der Waals surface area contributed by atoms with Crippen LogP contribution in [0.3, 0.4) is 0 Å². The number of piperazine rings is 1. The van der Waals surface area contributed by atoms with E-state index in [2.05, 4.69) is 20.9 Å². The van der Waals surface area contributed by atoms with Crippen LogP contribution in [0.4, 0.5) is 0 Å². The average Bonchev–Trinajstić information content (AvgIpc) is 3.81. The summed E-state index contributed by atoms with van der Waals surface area (Å²) in [6.07, 6.45) is 2.29. The van der Waals surface area contributed by atoms with E-state index in [1.807, 2.05) is 44.3 Å². The molecule has 7 atom stereocenters. The Morgan fingerprint density at radius 1 is 0.985 bits per heavy atom. The second-order valence-corrected chi connectivity index (χ2v) is 19.1. The fourth-order valence-corrected chi connectivity index (χ4v) is 13.7. The van der Waals surface area contributed by atoms with E-state index in [-0.39, 0.29) is 54.7 Å². The molecule has 0 saturated carbocycles. The van der Waals surface area contributed by atoms with Gasteiger partial charge in [0.2, 0.25) is 6.79 Å². The maximum Gasteiger partial charge on any atom is 0.337 e. The van der Waals surface area contributed by atoms with E-state index in [9.17, 15) is 20.3 Å². The normalized spacial score (nSPS) is 25.9. The van der Waals surface area contributed by atoms with Crippen LogP contribution in [0.5, 0.6) is 40.2 Å². The van der Waals surface area contributed by atoms with Gasteiger partial charge in [0, 0.05) is 65.1 Å². The maximum atomic E-state index is 15.8. The van der Waals surface area contributed by atoms with Gasteiger partial charge in [-0.3, -0.25) is 24.4 Å². The number of aromatic nitrogens is 1. The lowest BCUT2D eigenvalue weighted by Gasteiger charge is -2.62. The highest BCUT2D eigenvalue weighted by atomic mass is 32.2. The average molecular weight is 926 g/mol. The van der Waals surface area contributed by atoms with Crippen LogP contribution in [-0.4, -0.2) is 113 Å². The van der Waals surface area contributed by atoms with Gasteiger partial charge in [0.15, 0.2) is 40.0 Å². The first kappa shape index (κ1) is 42.9. The highest BCUT2D eigenvalue weighted by molar-refractivity contribution is 7.99. The number of hydrogen-bond donors (Lipinski definition) is 2. The van der Waals surface area contributed by atoms with Gasteiger partial charge in [-0.1, -0.05) is 24.3 Å². The Kier molecular flexibility index (Phi) is 10.0. The van der Waals surface area contributed by atoms with Gasteiger partial charge in [-0.2, -0.15) is 5.26 Å². The van der Waals surface area contributed by atoms with E-state index in [0.717, 1.165) is 11.1 Å². The summed E-state index contributed by atoms with van der Waals surface area (Å²) in [6, 6.07) is 13.5. The molecular weight excluding hydrogens is 879 g/mol. The topological polar surface area (TPSA) is 193 Å². The number of thioether (sulfide) groups is 1. The van der Waals surface area contributed by atoms with Gasteiger partial charge in [0.1, 0.15) is 18.4 Å². The fraction of sp³-hybridized carbons (Fsp3) is 0.380. The number of likely N-dealkylation sites (N-methyl/N-ethyl adjacent to an activating group) is 1. The second-order valence-electron chi connectivity index (χ2n) is 18.0. The van der Waals surface area contributed by atoms with Crippen molar-refractivity contribution in [1.82, 2.24) is 19.7 Å². The standard InChI is InChI=1S/C50H47N5O11S/c1-23-15-27-16-32-33(19-51)55-34-20-63-49(60)50(30-18-36(61-5)35(57)17-26(30)12-14-54(50)48(59)29-11-13-52-31-10-8-7-9-28(29)31)21-67-47(41(55)40(53(32)4)37(27)42(58)43(23)62-6)39-38(34)46-45(64-22-65-46)24(2)44(39)66-25(3)56/h7-11,13,15,17-18,32-34,40-41,47,57-58H,12,14,16,20-22H2,1-6H3/t32-,33-,34+,40+,41+,47+,50+/m0/s1. The maximum absolute atomic E-state index is 15.8. The molecule has 5 aromatic rings. The lowest BCUT2D eigenvalue weighted by molar-refractivity contribution is -0.162. The van der Waals surface area contributed by atoms with Gasteiger partial charge in [0.25, 0.3) is 5.91 Å². The van der Waals surface area contributed by atoms with Crippen LogP contribution in [0.1, 0.15) is 79.1 Å². The Morgan fingerprint density at radius 3 is 2.54 bits per heavy atom. The number of phenolic OH excluding ortho intramolecular Hbond substituents is 2. The van der Waals surface area contributed by atoms with Crippen molar-refractivity contribution in [2.75, 3.05) is 47.0 Å². The Hall–Kier alpha value is -6.74. The lowest BCUT2D eigenvalue weighted by Crippen LogP contribution is -2.69. The summed E-state index contributed by atoms with van der Waals surface area (Å²) in [6.45, 7) is 4.63. The van der Waals surface area contributed by atoms with E-state index in [4.69, 9.17) is 28.4 Å². The molecule has 2 saturated heterocycles. The number of rotatable bonds is 4. The van der Waals surface area contributed by atoms with Crippen LogP contribution in [0.15, 0.2) is 54.7 Å². The zero-order valence-corrected chi connectivity index (χ0v) is 38.4. The largest absolute Gasteiger partial charge is 0.504 e. The number of aryl methyl sites for hydroxylation is 1. The van der Waals surface area contributed by atoms with Crippen molar-refractivity contribution in [1.29, 1.82) is 5.26 Å². The van der Waals surface area contributed by atoms with Crippen molar-refractivity contribution < 1.29 is 53.0 Å². The third-order valence-electron chi connectivity index (χ3n) is 14.8. The number of carbonyl (C=O) groups is 3. The summed E-state index contributed by atoms with van der Waals surface area (Å²) in [7, 11) is 4.89. The first-order chi connectivity index (χ1) is 32.3. The Bertz CT molecular complexity index is 3020. The molecule has 2 fully saturated rings. The number of phenols is 2. The minimum atomic E-state index is -1.85. The van der Waals surface area contributed by atoms with Crippen molar-refractivity contribution in [3.63, 3.8) is 0 Å². The van der Waals surface area contributed by atoms with Crippen LogP contribution in [0, 0.1) is 25.2 Å². The number of aromatic hydroxyl groups is 2. The predicted octanol–water partition coefficient (Wildman–Crippen LogP) is 6.09. The van der Waals surface area contributed by atoms with Crippen molar-refractivity contribution in [2.24, 2.45) is 0 Å². The van der Waals surface area contributed by atoms with E-state index in [0.29, 0.717) is 79.9 Å². The molecule has 0 unspecified atom stereocenters. The number of nitriles is 1. The first-order valence-electron chi connectivity index (χ1n) is 22.1. The smallest absolute Gasteiger partial charge is 0.337 e. The summed E-state index contributed by atoms with van der Waals surface area (Å²) in [5, 5.41) is 34.7. The number of hydrogen-bond acceptors (Lipinski definition) is 16. The molecule has 4 aromatic carbocycles. The third-order valence-corrected chi connectivity index (χ3v) is 16.2. The summed E-state index contributed by atoms with van der Waals surface area (Å²) in [5.41, 5.74) is 4.08. The Labute approximate surface area is 389 Å². The fourth-order valence-electron chi connectivity index (χ4n) is 12.0. The SMILES string of the molecule is COc1cc2c(cc1O)CCN(C(=O)c1ccnc3ccccc13)[C@]21CS[C@@H]2c3c(OC(C)=O)c(C)c4c(c3[C@@H](COC1=O)N1[C@@H]2[C@H]2c3c(cc(C)c(OC)c3O)C[C@@H]([C@@H]1C#N)N2C)OCO4. The molecule has 0 aliphatic carbocycles. The van der Waals surface area contributed by atoms with Crippen LogP contribution >= 0.6 is 11.8 Å². The van der Waals surface area contributed by atoms with Gasteiger partial charge in [-0.15, -0.1) is 11.8 Å². The summed E-state index contributed by atoms with van der Waals surface area (Å²) >= 11 is 1.36. The molecule has 1 spiro atoms. The van der Waals surface area contributed by atoms with Crippen molar-refractivity contribution >= 4 is 40.5 Å². The van der Waals surface area contributed by atoms with Gasteiger partial charge >= 0.3 is 11.9 Å². The molecule has 344 valence electrons. The minimum Gasteiger partial charge on any atom is -0.504 e. The molecule has 8 heterocycles. The van der Waals surface area contributed by atoms with Gasteiger partial charge in [-0.05, 0) is 80.3 Å². The molecule has 2 N–H and O–H groups in total. The van der Waals surface area contributed by atoms with Crippen LogP contribution in [0.25, 0.3) is 10.9 Å². The lowest BCUT2D eigenvalue weighted by atomic mass is 9.71. The highest BCUT2D eigenvalue weighted by Crippen LogP contribution is 2.65. The molecule has 67 heavy (non-hydrogen) atoms. The van der Waals surface area contributed by atoms with E-state index >= 15 is 9.59 Å². The van der Waals surface area contributed by atoms with Crippen molar-refractivity contribution in [2.45, 2.75) is 74.6 Å². The minimum absolute atomic E-state index is 0.0132. The third kappa shape index (κ3) is 5.98. The summed E-state index contributed by atoms with van der Waals surface area (Å²) < 4.78 is 36.8. The number of esters is 2. The predicted molar refractivity (Wildman–Crippen MR) is 243 cm³/mol. The molecule has 1 aromatic heterocycles. The number of fused-ring (bicyclic) bond motifs is 10. The number of methoxy groups -OCH3 is 2. The number of para-hydroxylation sites is 1. The molecule has 12 rings (SSSR count). The van der Waals surface area contributed by atoms with Crippen LogP contribution in [-0.2, 0) is 32.7 Å². The van der Waals surface area contributed by atoms with E-state index in [1.54, 1.807) is 36.2 Å². The van der Waals surface area contributed by atoms with E-state index < -0.39 is 52.8 Å². The van der Waals surface area contributed by atoms with Crippen LogP contribution < -0.4 is 23.7 Å². The molecule has 17 heteroatoms. The van der Waals surface area contributed by atoms with E-state index in [1.165, 1.54) is 32.9 Å². The van der Waals surface area contributed by atoms with Crippen molar-refractivity contribution in [3.8, 4) is 46.3 Å². The Balaban J connectivity index is 1.20. The van der Waals surface area contributed by atoms with Crippen molar-refractivity contribution in [3.05, 3.63) is 105 Å². The zero-order chi connectivity index (χ0) is 46.8. The number of ether oxygens (including phenoxy) is 6. The van der Waals surface area contributed by atoms with Crippen LogP contribution in [0.2, 0.25) is 0 Å². The molecule has 4 bridgehead atoms. The number of benzene rings is 4. The number of carbonyl (C=O) groups excluding carboxylic acids is 3. The molecule has 7 aliphatic heterocycles. The quantitative estimate of drug-likeness (QED) is 0.155. The number of nitrogens with zero attached hydrogens (tertiary/aromatic N) is 5. The second kappa shape index (κ2) is 15.7. The highest BCUT2D eigenvalue weighted by Gasteiger charge is 2.63. The number of pyridine rings is 1. The summed E-state index contributed by atoms with van der Waals surface area (Å²) in [5.74, 6) is -0.533. The summed E-state index contributed by atoms with van der Waals surface area (Å²) in [4.78, 5) is 54.9.